The number of fused-ring (bicyclic) bond motifs is 2. The average Bonchev–Trinajstić information content (AvgIpc) is 2.88. The molecule has 1 aromatic heterocycles. The highest BCUT2D eigenvalue weighted by molar-refractivity contribution is 7.99. The quantitative estimate of drug-likeness (QED) is 0.543. The second kappa shape index (κ2) is 4.82. The van der Waals surface area contributed by atoms with Crippen LogP contribution < -0.4 is 5.73 Å². The van der Waals surface area contributed by atoms with Crippen molar-refractivity contribution in [2.45, 2.75) is 10.1 Å². The van der Waals surface area contributed by atoms with Gasteiger partial charge in [-0.25, -0.2) is 4.98 Å². The number of aromatic nitrogens is 1. The molecule has 4 rings (SSSR count). The smallest absolute Gasteiger partial charge is 0.261 e. The third-order valence-electron chi connectivity index (χ3n) is 3.32. The Bertz CT molecular complexity index is 946. The largest absolute Gasteiger partial charge is 0.431 e. The Balaban J connectivity index is 1.71. The van der Waals surface area contributed by atoms with Crippen molar-refractivity contribution in [1.82, 2.24) is 4.98 Å². The zero-order chi connectivity index (χ0) is 14.2. The van der Waals surface area contributed by atoms with Gasteiger partial charge in [-0.1, -0.05) is 30.3 Å². The summed E-state index contributed by atoms with van der Waals surface area (Å²) in [6, 6.07) is 20.1. The van der Waals surface area contributed by atoms with Crippen LogP contribution in [0.4, 0.5) is 5.69 Å². The van der Waals surface area contributed by atoms with E-state index in [1.165, 1.54) is 22.5 Å². The number of oxazole rings is 1. The van der Waals surface area contributed by atoms with Crippen molar-refractivity contribution in [3.05, 3.63) is 60.7 Å². The average molecular weight is 292 g/mol. The molecule has 0 radical (unpaired) electrons. The molecule has 0 aliphatic heterocycles. The Morgan fingerprint density at radius 3 is 2.67 bits per heavy atom. The van der Waals surface area contributed by atoms with Crippen LogP contribution in [0.2, 0.25) is 0 Å². The molecule has 0 aliphatic rings. The zero-order valence-electron chi connectivity index (χ0n) is 11.1. The van der Waals surface area contributed by atoms with Crippen molar-refractivity contribution in [3.8, 4) is 0 Å². The molecule has 21 heavy (non-hydrogen) atoms. The molecule has 0 atom stereocenters. The van der Waals surface area contributed by atoms with Crippen molar-refractivity contribution in [3.63, 3.8) is 0 Å². The summed E-state index contributed by atoms with van der Waals surface area (Å²) in [7, 11) is 0. The standard InChI is InChI=1S/C17H12N2OS/c18-13-6-8-16-15(10-13)19-17(20-16)21-14-7-5-11-3-1-2-4-12(11)9-14/h1-10H,18H2. The molecule has 4 aromatic rings. The van der Waals surface area contributed by atoms with Crippen LogP contribution >= 0.6 is 11.8 Å². The minimum absolute atomic E-state index is 0.630. The number of anilines is 1. The number of nitrogen functional groups attached to an aromatic ring is 1. The van der Waals surface area contributed by atoms with Gasteiger partial charge in [-0.3, -0.25) is 0 Å². The number of nitrogens with zero attached hydrogens (tertiary/aromatic N) is 1. The molecule has 0 saturated heterocycles. The van der Waals surface area contributed by atoms with Gasteiger partial charge >= 0.3 is 0 Å². The van der Waals surface area contributed by atoms with Crippen molar-refractivity contribution >= 4 is 39.3 Å². The summed E-state index contributed by atoms with van der Waals surface area (Å²) < 4.78 is 5.74. The molecule has 0 unspecified atom stereocenters. The molecule has 0 fully saturated rings. The van der Waals surface area contributed by atoms with Gasteiger partial charge in [0.15, 0.2) is 5.58 Å². The van der Waals surface area contributed by atoms with E-state index in [1.807, 2.05) is 30.3 Å². The van der Waals surface area contributed by atoms with E-state index in [2.05, 4.69) is 35.3 Å². The molecule has 0 aliphatic carbocycles. The van der Waals surface area contributed by atoms with E-state index < -0.39 is 0 Å². The maximum Gasteiger partial charge on any atom is 0.261 e. The number of rotatable bonds is 2. The molecule has 102 valence electrons. The minimum Gasteiger partial charge on any atom is -0.431 e. The van der Waals surface area contributed by atoms with Gasteiger partial charge in [0.25, 0.3) is 5.22 Å². The molecule has 3 nitrogen and oxygen atoms in total. The van der Waals surface area contributed by atoms with Crippen molar-refractivity contribution in [1.29, 1.82) is 0 Å². The maximum atomic E-state index is 5.76. The second-order valence-electron chi connectivity index (χ2n) is 4.82. The number of hydrogen-bond donors (Lipinski definition) is 1. The van der Waals surface area contributed by atoms with E-state index in [0.717, 1.165) is 16.0 Å². The molecule has 3 aromatic carbocycles. The molecular weight excluding hydrogens is 280 g/mol. The fourth-order valence-corrected chi connectivity index (χ4v) is 3.10. The monoisotopic (exact) mass is 292 g/mol. The summed E-state index contributed by atoms with van der Waals surface area (Å²) in [5.74, 6) is 0. The summed E-state index contributed by atoms with van der Waals surface area (Å²) >= 11 is 1.52. The second-order valence-corrected chi connectivity index (χ2v) is 5.84. The van der Waals surface area contributed by atoms with Crippen LogP contribution in [0, 0.1) is 0 Å². The first-order chi connectivity index (χ1) is 10.3. The van der Waals surface area contributed by atoms with Gasteiger partial charge in [0, 0.05) is 10.6 Å². The van der Waals surface area contributed by atoms with Gasteiger partial charge in [0.1, 0.15) is 5.52 Å². The summed E-state index contributed by atoms with van der Waals surface area (Å²) in [5, 5.41) is 3.07. The topological polar surface area (TPSA) is 52.0 Å². The van der Waals surface area contributed by atoms with Gasteiger partial charge in [-0.2, -0.15) is 0 Å². The molecule has 0 amide bonds. The predicted octanol–water partition coefficient (Wildman–Crippen LogP) is 4.71. The lowest BCUT2D eigenvalue weighted by atomic mass is 10.1. The Morgan fingerprint density at radius 1 is 0.905 bits per heavy atom. The van der Waals surface area contributed by atoms with Gasteiger partial charge in [-0.15, -0.1) is 0 Å². The third kappa shape index (κ3) is 2.34. The van der Waals surface area contributed by atoms with E-state index in [1.54, 1.807) is 0 Å². The summed E-state index contributed by atoms with van der Waals surface area (Å²) in [6.07, 6.45) is 0. The highest BCUT2D eigenvalue weighted by Gasteiger charge is 2.08. The zero-order valence-corrected chi connectivity index (χ0v) is 11.9. The minimum atomic E-state index is 0.630. The molecular formula is C17H12N2OS. The van der Waals surface area contributed by atoms with E-state index >= 15 is 0 Å². The first kappa shape index (κ1) is 12.3. The van der Waals surface area contributed by atoms with Crippen molar-refractivity contribution in [2.75, 3.05) is 5.73 Å². The van der Waals surface area contributed by atoms with E-state index in [-0.39, 0.29) is 0 Å². The van der Waals surface area contributed by atoms with E-state index in [4.69, 9.17) is 10.2 Å². The lowest BCUT2D eigenvalue weighted by Crippen LogP contribution is -1.82. The van der Waals surface area contributed by atoms with Crippen molar-refractivity contribution in [2.24, 2.45) is 0 Å². The summed E-state index contributed by atoms with van der Waals surface area (Å²) in [6.45, 7) is 0. The van der Waals surface area contributed by atoms with E-state index in [0.29, 0.717) is 10.9 Å². The molecule has 0 spiro atoms. The molecule has 0 bridgehead atoms. The highest BCUT2D eigenvalue weighted by atomic mass is 32.2. The normalized spacial score (nSPS) is 11.2. The van der Waals surface area contributed by atoms with Crippen molar-refractivity contribution < 1.29 is 4.42 Å². The first-order valence-corrected chi connectivity index (χ1v) is 7.42. The highest BCUT2D eigenvalue weighted by Crippen LogP contribution is 2.32. The van der Waals surface area contributed by atoms with Crippen LogP contribution in [0.3, 0.4) is 0 Å². The third-order valence-corrected chi connectivity index (χ3v) is 4.16. The molecule has 1 heterocycles. The number of nitrogens with two attached hydrogens (primary N) is 1. The lowest BCUT2D eigenvalue weighted by molar-refractivity contribution is 0.489. The fourth-order valence-electron chi connectivity index (χ4n) is 2.30. The lowest BCUT2D eigenvalue weighted by Gasteiger charge is -2.00. The summed E-state index contributed by atoms with van der Waals surface area (Å²) in [5.41, 5.74) is 8.00. The van der Waals surface area contributed by atoms with E-state index in [9.17, 15) is 0 Å². The molecule has 4 heteroatoms. The predicted molar refractivity (Wildman–Crippen MR) is 86.5 cm³/mol. The van der Waals surface area contributed by atoms with Gasteiger partial charge < -0.3 is 10.2 Å². The van der Waals surface area contributed by atoms with Gasteiger partial charge in [0.2, 0.25) is 0 Å². The van der Waals surface area contributed by atoms with Gasteiger partial charge in [-0.05, 0) is 52.9 Å². The first-order valence-electron chi connectivity index (χ1n) is 6.61. The van der Waals surface area contributed by atoms with Crippen LogP contribution in [0.15, 0.2) is 75.2 Å². The maximum absolute atomic E-state index is 5.76. The van der Waals surface area contributed by atoms with Crippen LogP contribution in [0.25, 0.3) is 21.9 Å². The molecule has 0 saturated carbocycles. The Hall–Kier alpha value is -2.46. The Labute approximate surface area is 125 Å². The number of hydrogen-bond acceptors (Lipinski definition) is 4. The van der Waals surface area contributed by atoms with Crippen LogP contribution in [-0.4, -0.2) is 4.98 Å². The fraction of sp³-hybridized carbons (Fsp3) is 0. The van der Waals surface area contributed by atoms with Gasteiger partial charge in [0.05, 0.1) is 0 Å². The number of benzene rings is 3. The Morgan fingerprint density at radius 2 is 1.76 bits per heavy atom. The molecule has 2 N–H and O–H groups in total. The Kier molecular flexibility index (Phi) is 2.82. The van der Waals surface area contributed by atoms with Crippen LogP contribution in [0.1, 0.15) is 0 Å². The SMILES string of the molecule is Nc1ccc2oc(Sc3ccc4ccccc4c3)nc2c1. The summed E-state index contributed by atoms with van der Waals surface area (Å²) in [4.78, 5) is 5.57. The van der Waals surface area contributed by atoms with Crippen LogP contribution in [0.5, 0.6) is 0 Å². The van der Waals surface area contributed by atoms with Crippen LogP contribution in [-0.2, 0) is 0 Å².